The molecule has 4 heterocycles. The van der Waals surface area contributed by atoms with Crippen molar-refractivity contribution in [2.75, 3.05) is 6.79 Å². The van der Waals surface area contributed by atoms with Crippen molar-refractivity contribution in [3.63, 3.8) is 0 Å². The van der Waals surface area contributed by atoms with Crippen LogP contribution in [0.1, 0.15) is 23.9 Å². The molecule has 0 saturated carbocycles. The summed E-state index contributed by atoms with van der Waals surface area (Å²) >= 11 is 0. The van der Waals surface area contributed by atoms with Crippen LogP contribution >= 0.6 is 0 Å². The highest BCUT2D eigenvalue weighted by Gasteiger charge is 2.48. The Morgan fingerprint density at radius 3 is 2.83 bits per heavy atom. The topological polar surface area (TPSA) is 107 Å². The zero-order valence-corrected chi connectivity index (χ0v) is 16.4. The van der Waals surface area contributed by atoms with Crippen LogP contribution in [0.4, 0.5) is 4.79 Å². The number of nitrogens with one attached hydrogen (secondary N) is 1. The Morgan fingerprint density at radius 1 is 1.20 bits per heavy atom. The van der Waals surface area contributed by atoms with Gasteiger partial charge in [-0.25, -0.2) is 9.78 Å². The Kier molecular flexibility index (Phi) is 4.05. The van der Waals surface area contributed by atoms with Crippen molar-refractivity contribution in [3.8, 4) is 23.1 Å². The highest BCUT2D eigenvalue weighted by molar-refractivity contribution is 6.06. The molecule has 1 aromatic carbocycles. The summed E-state index contributed by atoms with van der Waals surface area (Å²) in [5, 5.41) is 2.81. The largest absolute Gasteiger partial charge is 0.459 e. The second-order valence-electron chi connectivity index (χ2n) is 7.52. The van der Waals surface area contributed by atoms with Crippen molar-refractivity contribution in [1.82, 2.24) is 15.2 Å². The fourth-order valence-electron chi connectivity index (χ4n) is 3.70. The smallest absolute Gasteiger partial charge is 0.325 e. The summed E-state index contributed by atoms with van der Waals surface area (Å²) in [6.07, 6.45) is 1.84. The van der Waals surface area contributed by atoms with E-state index in [-0.39, 0.29) is 19.2 Å². The number of hydrogen-bond donors (Lipinski definition) is 1. The third kappa shape index (κ3) is 2.99. The normalized spacial score (nSPS) is 20.1. The SMILES string of the molecule is Cc1oc(-c2ccco2)nc1CN1C(=O)NC(C)(Cc2ccc3c(c2)OCO3)C1=O. The van der Waals surface area contributed by atoms with Crippen molar-refractivity contribution in [1.29, 1.82) is 0 Å². The van der Waals surface area contributed by atoms with Crippen molar-refractivity contribution in [2.24, 2.45) is 0 Å². The molecule has 3 aromatic rings. The Balaban J connectivity index is 1.35. The second kappa shape index (κ2) is 6.65. The van der Waals surface area contributed by atoms with E-state index in [2.05, 4.69) is 10.3 Å². The third-order valence-corrected chi connectivity index (χ3v) is 5.27. The van der Waals surface area contributed by atoms with Crippen LogP contribution in [0.25, 0.3) is 11.7 Å². The molecule has 1 fully saturated rings. The van der Waals surface area contributed by atoms with Gasteiger partial charge in [0.05, 0.1) is 12.8 Å². The molecule has 9 nitrogen and oxygen atoms in total. The van der Waals surface area contributed by atoms with Gasteiger partial charge in [0.15, 0.2) is 17.3 Å². The number of ether oxygens (including phenoxy) is 2. The maximum atomic E-state index is 13.1. The number of hydrogen-bond acceptors (Lipinski definition) is 7. The standard InChI is InChI=1S/C21H19N3O6/c1-12-14(22-18(30-12)16-4-3-7-27-16)10-24-19(25)21(2,23-20(24)26)9-13-5-6-15-17(8-13)29-11-28-15/h3-8H,9-11H2,1-2H3,(H,23,26). The molecule has 0 spiro atoms. The maximum absolute atomic E-state index is 13.1. The van der Waals surface area contributed by atoms with Gasteiger partial charge >= 0.3 is 6.03 Å². The summed E-state index contributed by atoms with van der Waals surface area (Å²) in [6.45, 7) is 3.63. The first kappa shape index (κ1) is 18.3. The van der Waals surface area contributed by atoms with Gasteiger partial charge < -0.3 is 23.6 Å². The summed E-state index contributed by atoms with van der Waals surface area (Å²) in [4.78, 5) is 31.3. The molecule has 3 amide bonds. The van der Waals surface area contributed by atoms with E-state index >= 15 is 0 Å². The van der Waals surface area contributed by atoms with Crippen LogP contribution in [-0.2, 0) is 17.8 Å². The van der Waals surface area contributed by atoms with Gasteiger partial charge in [-0.1, -0.05) is 6.07 Å². The molecular weight excluding hydrogens is 390 g/mol. The Labute approximate surface area is 171 Å². The number of nitrogens with zero attached hydrogens (tertiary/aromatic N) is 2. The van der Waals surface area contributed by atoms with E-state index in [4.69, 9.17) is 18.3 Å². The monoisotopic (exact) mass is 409 g/mol. The lowest BCUT2D eigenvalue weighted by atomic mass is 9.92. The average molecular weight is 409 g/mol. The molecule has 5 rings (SSSR count). The second-order valence-corrected chi connectivity index (χ2v) is 7.52. The van der Waals surface area contributed by atoms with Crippen molar-refractivity contribution >= 4 is 11.9 Å². The lowest BCUT2D eigenvalue weighted by Gasteiger charge is -2.21. The van der Waals surface area contributed by atoms with E-state index in [1.54, 1.807) is 32.0 Å². The number of aryl methyl sites for hydroxylation is 1. The van der Waals surface area contributed by atoms with Crippen molar-refractivity contribution < 1.29 is 27.9 Å². The van der Waals surface area contributed by atoms with E-state index in [1.165, 1.54) is 6.26 Å². The van der Waals surface area contributed by atoms with Crippen LogP contribution in [0.2, 0.25) is 0 Å². The zero-order chi connectivity index (χ0) is 20.9. The quantitative estimate of drug-likeness (QED) is 0.646. The molecule has 1 unspecified atom stereocenters. The predicted molar refractivity (Wildman–Crippen MR) is 103 cm³/mol. The fraction of sp³-hybridized carbons (Fsp3) is 0.286. The first-order chi connectivity index (χ1) is 14.4. The Morgan fingerprint density at radius 2 is 2.03 bits per heavy atom. The van der Waals surface area contributed by atoms with Gasteiger partial charge in [0.25, 0.3) is 11.8 Å². The summed E-state index contributed by atoms with van der Waals surface area (Å²) in [6, 6.07) is 8.48. The minimum Gasteiger partial charge on any atom is -0.459 e. The van der Waals surface area contributed by atoms with Gasteiger partial charge in [-0.05, 0) is 43.7 Å². The predicted octanol–water partition coefficient (Wildman–Crippen LogP) is 3.02. The molecule has 2 aliphatic rings. The zero-order valence-electron chi connectivity index (χ0n) is 16.4. The Bertz CT molecular complexity index is 1140. The number of carbonyl (C=O) groups excluding carboxylic acids is 2. The van der Waals surface area contributed by atoms with Gasteiger partial charge in [0.2, 0.25) is 6.79 Å². The molecule has 154 valence electrons. The van der Waals surface area contributed by atoms with Crippen LogP contribution in [0, 0.1) is 6.92 Å². The molecule has 2 aliphatic heterocycles. The average Bonchev–Trinajstić information content (AvgIpc) is 3.48. The van der Waals surface area contributed by atoms with Crippen LogP contribution in [0.15, 0.2) is 45.4 Å². The third-order valence-electron chi connectivity index (χ3n) is 5.27. The van der Waals surface area contributed by atoms with E-state index in [0.29, 0.717) is 41.0 Å². The van der Waals surface area contributed by atoms with Crippen LogP contribution in [-0.4, -0.2) is 34.2 Å². The first-order valence-corrected chi connectivity index (χ1v) is 9.46. The van der Waals surface area contributed by atoms with E-state index in [0.717, 1.165) is 10.5 Å². The van der Waals surface area contributed by atoms with E-state index < -0.39 is 11.6 Å². The number of imide groups is 1. The summed E-state index contributed by atoms with van der Waals surface area (Å²) < 4.78 is 21.6. The summed E-state index contributed by atoms with van der Waals surface area (Å²) in [5.74, 6) is 2.28. The van der Waals surface area contributed by atoms with Crippen LogP contribution in [0.3, 0.4) is 0 Å². The maximum Gasteiger partial charge on any atom is 0.325 e. The first-order valence-electron chi connectivity index (χ1n) is 9.46. The van der Waals surface area contributed by atoms with Crippen molar-refractivity contribution in [2.45, 2.75) is 32.4 Å². The van der Waals surface area contributed by atoms with Gasteiger partial charge in [-0.3, -0.25) is 9.69 Å². The summed E-state index contributed by atoms with van der Waals surface area (Å²) in [5.41, 5.74) is 0.277. The number of oxazole rings is 1. The van der Waals surface area contributed by atoms with Gasteiger partial charge in [0, 0.05) is 6.42 Å². The molecule has 2 aromatic heterocycles. The molecule has 0 aliphatic carbocycles. The molecule has 0 radical (unpaired) electrons. The molecule has 9 heteroatoms. The molecule has 0 bridgehead atoms. The van der Waals surface area contributed by atoms with E-state index in [9.17, 15) is 9.59 Å². The lowest BCUT2D eigenvalue weighted by molar-refractivity contribution is -0.131. The van der Waals surface area contributed by atoms with Crippen LogP contribution < -0.4 is 14.8 Å². The highest BCUT2D eigenvalue weighted by atomic mass is 16.7. The number of benzene rings is 1. The number of carbonyl (C=O) groups is 2. The highest BCUT2D eigenvalue weighted by Crippen LogP contribution is 2.34. The lowest BCUT2D eigenvalue weighted by Crippen LogP contribution is -2.45. The minimum atomic E-state index is -1.08. The number of amides is 3. The molecule has 30 heavy (non-hydrogen) atoms. The van der Waals surface area contributed by atoms with Crippen LogP contribution in [0.5, 0.6) is 11.5 Å². The number of fused-ring (bicyclic) bond motifs is 1. The molecule has 1 N–H and O–H groups in total. The van der Waals surface area contributed by atoms with Gasteiger partial charge in [-0.15, -0.1) is 0 Å². The number of urea groups is 1. The Hall–Kier alpha value is -3.75. The van der Waals surface area contributed by atoms with Gasteiger partial charge in [0.1, 0.15) is 17.0 Å². The van der Waals surface area contributed by atoms with E-state index in [1.807, 2.05) is 12.1 Å². The molecule has 1 saturated heterocycles. The minimum absolute atomic E-state index is 0.0113. The van der Waals surface area contributed by atoms with Gasteiger partial charge in [-0.2, -0.15) is 0 Å². The molecular formula is C21H19N3O6. The number of furan rings is 1. The number of aromatic nitrogens is 1. The van der Waals surface area contributed by atoms with Crippen molar-refractivity contribution in [3.05, 3.63) is 53.6 Å². The summed E-state index contributed by atoms with van der Waals surface area (Å²) in [7, 11) is 0. The fourth-order valence-corrected chi connectivity index (χ4v) is 3.70. The number of rotatable bonds is 5. The molecule has 1 atom stereocenters.